The molecule has 4 N–H and O–H groups in total. The number of rotatable bonds is 4. The fourth-order valence-electron chi connectivity index (χ4n) is 2.35. The van der Waals surface area contributed by atoms with Gasteiger partial charge in [-0.15, -0.1) is 0 Å². The minimum atomic E-state index is -0.975. The molecule has 0 saturated carbocycles. The van der Waals surface area contributed by atoms with Crippen LogP contribution in [0.4, 0.5) is 0 Å². The van der Waals surface area contributed by atoms with Crippen LogP contribution in [0, 0.1) is 5.41 Å². The summed E-state index contributed by atoms with van der Waals surface area (Å²) < 4.78 is 5.28. The molecule has 1 atom stereocenters. The molecule has 0 spiro atoms. The fraction of sp³-hybridized carbons (Fsp3) is 0.538. The van der Waals surface area contributed by atoms with Crippen molar-refractivity contribution in [2.45, 2.75) is 25.8 Å². The Morgan fingerprint density at radius 3 is 2.85 bits per heavy atom. The average molecular weight is 297 g/mol. The monoisotopic (exact) mass is 297 g/mol. The lowest BCUT2D eigenvalue weighted by Crippen LogP contribution is -2.53. The number of hydrogen-bond acceptors (Lipinski definition) is 5. The van der Waals surface area contributed by atoms with E-state index in [1.807, 2.05) is 23.8 Å². The highest BCUT2D eigenvalue weighted by molar-refractivity contribution is 7.07. The molecule has 0 radical (unpaired) electrons. The summed E-state index contributed by atoms with van der Waals surface area (Å²) >= 11 is 1.58. The van der Waals surface area contributed by atoms with Crippen molar-refractivity contribution in [2.24, 2.45) is 16.3 Å². The number of amidine groups is 1. The van der Waals surface area contributed by atoms with E-state index in [1.54, 1.807) is 11.3 Å². The van der Waals surface area contributed by atoms with Crippen molar-refractivity contribution in [3.05, 3.63) is 22.4 Å². The SMILES string of the molecule is CC(NC(=O)C1(C(N)=NO)CCOCC1)c1ccsc1. The van der Waals surface area contributed by atoms with Gasteiger partial charge in [-0.1, -0.05) is 5.16 Å². The predicted octanol–water partition coefficient (Wildman–Crippen LogP) is 1.47. The van der Waals surface area contributed by atoms with Crippen LogP contribution < -0.4 is 11.1 Å². The van der Waals surface area contributed by atoms with Gasteiger partial charge < -0.3 is 21.0 Å². The molecule has 1 amide bonds. The van der Waals surface area contributed by atoms with Gasteiger partial charge in [-0.05, 0) is 42.2 Å². The molecule has 1 fully saturated rings. The van der Waals surface area contributed by atoms with Crippen molar-refractivity contribution in [1.82, 2.24) is 5.32 Å². The van der Waals surface area contributed by atoms with E-state index in [-0.39, 0.29) is 17.8 Å². The highest BCUT2D eigenvalue weighted by Gasteiger charge is 2.44. The first-order valence-electron chi connectivity index (χ1n) is 6.49. The lowest BCUT2D eigenvalue weighted by Gasteiger charge is -2.35. The van der Waals surface area contributed by atoms with Gasteiger partial charge in [0, 0.05) is 13.2 Å². The Balaban J connectivity index is 2.15. The van der Waals surface area contributed by atoms with Crippen molar-refractivity contribution >= 4 is 23.1 Å². The summed E-state index contributed by atoms with van der Waals surface area (Å²) in [6.07, 6.45) is 0.843. The third-order valence-electron chi connectivity index (χ3n) is 3.77. The maximum absolute atomic E-state index is 12.6. The van der Waals surface area contributed by atoms with Crippen LogP contribution in [0.5, 0.6) is 0 Å². The van der Waals surface area contributed by atoms with E-state index >= 15 is 0 Å². The molecule has 0 aromatic carbocycles. The molecule has 1 unspecified atom stereocenters. The number of nitrogens with zero attached hydrogens (tertiary/aromatic N) is 1. The number of ether oxygens (including phenoxy) is 1. The van der Waals surface area contributed by atoms with E-state index in [4.69, 9.17) is 15.7 Å². The van der Waals surface area contributed by atoms with Crippen molar-refractivity contribution in [3.8, 4) is 0 Å². The van der Waals surface area contributed by atoms with Crippen molar-refractivity contribution in [3.63, 3.8) is 0 Å². The van der Waals surface area contributed by atoms with Crippen LogP contribution in [-0.4, -0.2) is 30.2 Å². The number of oxime groups is 1. The molecule has 2 heterocycles. The first-order valence-corrected chi connectivity index (χ1v) is 7.43. The number of nitrogens with one attached hydrogen (secondary N) is 1. The molecule has 1 aromatic rings. The topological polar surface area (TPSA) is 96.9 Å². The van der Waals surface area contributed by atoms with Gasteiger partial charge in [0.05, 0.1) is 6.04 Å². The van der Waals surface area contributed by atoms with Gasteiger partial charge in [0.1, 0.15) is 5.41 Å². The molecule has 1 aliphatic rings. The molecule has 1 aliphatic heterocycles. The highest BCUT2D eigenvalue weighted by atomic mass is 32.1. The summed E-state index contributed by atoms with van der Waals surface area (Å²) in [5.74, 6) is -0.259. The molecule has 20 heavy (non-hydrogen) atoms. The summed E-state index contributed by atoms with van der Waals surface area (Å²) in [6.45, 7) is 2.77. The van der Waals surface area contributed by atoms with Gasteiger partial charge in [0.15, 0.2) is 5.84 Å². The molecule has 6 nitrogen and oxygen atoms in total. The maximum Gasteiger partial charge on any atom is 0.234 e. The van der Waals surface area contributed by atoms with Crippen LogP contribution in [0.15, 0.2) is 22.0 Å². The number of hydrogen-bond donors (Lipinski definition) is 3. The van der Waals surface area contributed by atoms with E-state index in [9.17, 15) is 4.79 Å². The largest absolute Gasteiger partial charge is 0.409 e. The first kappa shape index (κ1) is 14.8. The lowest BCUT2D eigenvalue weighted by atomic mass is 9.78. The number of nitrogens with two attached hydrogens (primary N) is 1. The summed E-state index contributed by atoms with van der Waals surface area (Å²) in [6, 6.07) is 1.86. The summed E-state index contributed by atoms with van der Waals surface area (Å²) in [4.78, 5) is 12.6. The van der Waals surface area contributed by atoms with Gasteiger partial charge in [0.2, 0.25) is 5.91 Å². The zero-order valence-corrected chi connectivity index (χ0v) is 12.2. The molecular weight excluding hydrogens is 278 g/mol. The van der Waals surface area contributed by atoms with Crippen LogP contribution in [-0.2, 0) is 9.53 Å². The van der Waals surface area contributed by atoms with E-state index in [0.717, 1.165) is 5.56 Å². The third-order valence-corrected chi connectivity index (χ3v) is 4.47. The van der Waals surface area contributed by atoms with Gasteiger partial charge in [-0.3, -0.25) is 4.79 Å². The van der Waals surface area contributed by atoms with Crippen molar-refractivity contribution in [1.29, 1.82) is 0 Å². The van der Waals surface area contributed by atoms with Gasteiger partial charge in [-0.25, -0.2) is 0 Å². The average Bonchev–Trinajstić information content (AvgIpc) is 3.01. The van der Waals surface area contributed by atoms with Crippen molar-refractivity contribution < 1.29 is 14.7 Å². The molecule has 1 aromatic heterocycles. The van der Waals surface area contributed by atoms with Crippen LogP contribution in [0.25, 0.3) is 0 Å². The zero-order valence-electron chi connectivity index (χ0n) is 11.3. The Morgan fingerprint density at radius 1 is 1.60 bits per heavy atom. The maximum atomic E-state index is 12.6. The van der Waals surface area contributed by atoms with E-state index < -0.39 is 5.41 Å². The molecular formula is C13H19N3O3S. The Hall–Kier alpha value is -1.60. The number of thiophene rings is 1. The molecule has 0 bridgehead atoms. The van der Waals surface area contributed by atoms with Crippen LogP contribution in [0.1, 0.15) is 31.4 Å². The Bertz CT molecular complexity index is 481. The fourth-order valence-corrected chi connectivity index (χ4v) is 3.11. The van der Waals surface area contributed by atoms with Crippen molar-refractivity contribution in [2.75, 3.05) is 13.2 Å². The number of amides is 1. The second-order valence-electron chi connectivity index (χ2n) is 4.93. The summed E-state index contributed by atoms with van der Waals surface area (Å²) in [7, 11) is 0. The molecule has 0 aliphatic carbocycles. The Kier molecular flexibility index (Phi) is 4.61. The molecule has 1 saturated heterocycles. The van der Waals surface area contributed by atoms with Gasteiger partial charge in [0.25, 0.3) is 0 Å². The predicted molar refractivity (Wildman–Crippen MR) is 76.8 cm³/mol. The molecule has 110 valence electrons. The summed E-state index contributed by atoms with van der Waals surface area (Å²) in [5, 5.41) is 18.9. The van der Waals surface area contributed by atoms with Gasteiger partial charge >= 0.3 is 0 Å². The lowest BCUT2D eigenvalue weighted by molar-refractivity contribution is -0.132. The normalized spacial score (nSPS) is 20.4. The van der Waals surface area contributed by atoms with Gasteiger partial charge in [-0.2, -0.15) is 11.3 Å². The Morgan fingerprint density at radius 2 is 2.30 bits per heavy atom. The van der Waals surface area contributed by atoms with E-state index in [0.29, 0.717) is 26.1 Å². The van der Waals surface area contributed by atoms with Crippen LogP contribution in [0.2, 0.25) is 0 Å². The quantitative estimate of drug-likeness (QED) is 0.339. The Labute approximate surface area is 121 Å². The first-order chi connectivity index (χ1) is 9.60. The van der Waals surface area contributed by atoms with E-state index in [1.165, 1.54) is 0 Å². The zero-order chi connectivity index (χ0) is 14.6. The molecule has 7 heteroatoms. The van der Waals surface area contributed by atoms with E-state index in [2.05, 4.69) is 10.5 Å². The van der Waals surface area contributed by atoms with Crippen LogP contribution in [0.3, 0.4) is 0 Å². The van der Waals surface area contributed by atoms with Crippen LogP contribution >= 0.6 is 11.3 Å². The standard InChI is InChI=1S/C13H19N3O3S/c1-9(10-2-7-20-8-10)15-12(17)13(11(14)16-18)3-5-19-6-4-13/h2,7-9,18H,3-6H2,1H3,(H2,14,16)(H,15,17). The molecule has 2 rings (SSSR count). The number of carbonyl (C=O) groups excluding carboxylic acids is 1. The third kappa shape index (κ3) is 2.78. The minimum Gasteiger partial charge on any atom is -0.409 e. The second-order valence-corrected chi connectivity index (χ2v) is 5.71. The number of carbonyl (C=O) groups is 1. The summed E-state index contributed by atoms with van der Waals surface area (Å²) in [5.41, 5.74) is 5.84. The highest BCUT2D eigenvalue weighted by Crippen LogP contribution is 2.32. The minimum absolute atomic E-state index is 0.0455. The smallest absolute Gasteiger partial charge is 0.234 e. The second kappa shape index (κ2) is 6.23.